The molecule has 0 aromatic heterocycles. The molecule has 0 heterocycles. The lowest BCUT2D eigenvalue weighted by molar-refractivity contribution is -0.129. The summed E-state index contributed by atoms with van der Waals surface area (Å²) in [7, 11) is 1.92. The summed E-state index contributed by atoms with van der Waals surface area (Å²) in [6, 6.07) is 5.81. The summed E-state index contributed by atoms with van der Waals surface area (Å²) in [4.78, 5) is 15.1. The van der Waals surface area contributed by atoms with Gasteiger partial charge in [-0.2, -0.15) is 0 Å². The van der Waals surface area contributed by atoms with Crippen molar-refractivity contribution < 1.29 is 4.79 Å². The number of hydrogen-bond donors (Lipinski definition) is 1. The van der Waals surface area contributed by atoms with Gasteiger partial charge >= 0.3 is 0 Å². The Labute approximate surface area is 129 Å². The van der Waals surface area contributed by atoms with Gasteiger partial charge in [-0.1, -0.05) is 30.9 Å². The summed E-state index contributed by atoms with van der Waals surface area (Å²) in [5, 5.41) is 0.623. The molecule has 0 atom stereocenters. The first kappa shape index (κ1) is 15.5. The summed E-state index contributed by atoms with van der Waals surface area (Å²) in [6.45, 7) is 0. The summed E-state index contributed by atoms with van der Waals surface area (Å²) < 4.78 is 0. The second kappa shape index (κ2) is 7.23. The third-order valence-corrected chi connectivity index (χ3v) is 5.15. The molecule has 1 saturated carbocycles. The summed E-state index contributed by atoms with van der Waals surface area (Å²) >= 11 is 7.35. The first-order valence-corrected chi connectivity index (χ1v) is 8.38. The second-order valence-electron chi connectivity index (χ2n) is 5.27. The van der Waals surface area contributed by atoms with E-state index in [-0.39, 0.29) is 5.91 Å². The van der Waals surface area contributed by atoms with Crippen molar-refractivity contribution in [3.63, 3.8) is 0 Å². The van der Waals surface area contributed by atoms with Crippen LogP contribution in [0.1, 0.15) is 32.1 Å². The van der Waals surface area contributed by atoms with Gasteiger partial charge in [0.2, 0.25) is 5.91 Å². The molecule has 0 radical (unpaired) electrons. The van der Waals surface area contributed by atoms with E-state index in [1.165, 1.54) is 31.0 Å². The number of thioether (sulfide) groups is 1. The van der Waals surface area contributed by atoms with Crippen molar-refractivity contribution in [1.29, 1.82) is 0 Å². The van der Waals surface area contributed by atoms with E-state index < -0.39 is 0 Å². The number of benzene rings is 1. The van der Waals surface area contributed by atoms with E-state index in [0.29, 0.717) is 22.5 Å². The number of carbonyl (C=O) groups is 1. The van der Waals surface area contributed by atoms with Gasteiger partial charge in [-0.15, -0.1) is 11.8 Å². The van der Waals surface area contributed by atoms with E-state index in [2.05, 4.69) is 0 Å². The topological polar surface area (TPSA) is 46.3 Å². The van der Waals surface area contributed by atoms with Gasteiger partial charge in [0.1, 0.15) is 0 Å². The molecule has 1 aromatic rings. The van der Waals surface area contributed by atoms with Crippen LogP contribution in [0.3, 0.4) is 0 Å². The third kappa shape index (κ3) is 4.06. The van der Waals surface area contributed by atoms with Crippen molar-refractivity contribution in [2.24, 2.45) is 0 Å². The van der Waals surface area contributed by atoms with Gasteiger partial charge in [-0.3, -0.25) is 4.79 Å². The highest BCUT2D eigenvalue weighted by molar-refractivity contribution is 8.00. The zero-order valence-electron chi connectivity index (χ0n) is 11.8. The largest absolute Gasteiger partial charge is 0.398 e. The molecule has 1 aliphatic carbocycles. The number of nitrogens with zero attached hydrogens (tertiary/aromatic N) is 1. The molecule has 20 heavy (non-hydrogen) atoms. The maximum atomic E-state index is 12.2. The van der Waals surface area contributed by atoms with Crippen molar-refractivity contribution >= 4 is 35.0 Å². The SMILES string of the molecule is CN(C(=O)CSc1ccc(Cl)cc1N)C1CCCCC1. The first-order valence-electron chi connectivity index (χ1n) is 7.01. The lowest BCUT2D eigenvalue weighted by Gasteiger charge is -2.31. The number of anilines is 1. The molecule has 1 amide bonds. The fourth-order valence-corrected chi connectivity index (χ4v) is 3.62. The number of carbonyl (C=O) groups excluding carboxylic acids is 1. The Balaban J connectivity index is 1.87. The Morgan fingerprint density at radius 2 is 2.10 bits per heavy atom. The van der Waals surface area contributed by atoms with Crippen LogP contribution in [0, 0.1) is 0 Å². The number of halogens is 1. The molecular formula is C15H21ClN2OS. The molecule has 1 aromatic carbocycles. The second-order valence-corrected chi connectivity index (χ2v) is 6.72. The lowest BCUT2D eigenvalue weighted by Crippen LogP contribution is -2.39. The minimum absolute atomic E-state index is 0.177. The monoisotopic (exact) mass is 312 g/mol. The highest BCUT2D eigenvalue weighted by Crippen LogP contribution is 2.28. The van der Waals surface area contributed by atoms with Crippen LogP contribution < -0.4 is 5.73 Å². The number of amides is 1. The normalized spacial score (nSPS) is 16.1. The average Bonchev–Trinajstić information content (AvgIpc) is 2.46. The van der Waals surface area contributed by atoms with E-state index in [9.17, 15) is 4.79 Å². The van der Waals surface area contributed by atoms with E-state index in [0.717, 1.165) is 17.7 Å². The molecule has 0 unspecified atom stereocenters. The molecule has 5 heteroatoms. The molecule has 3 nitrogen and oxygen atoms in total. The molecule has 110 valence electrons. The predicted molar refractivity (Wildman–Crippen MR) is 86.2 cm³/mol. The van der Waals surface area contributed by atoms with Gasteiger partial charge in [0, 0.05) is 28.7 Å². The van der Waals surface area contributed by atoms with Crippen molar-refractivity contribution in [1.82, 2.24) is 4.90 Å². The van der Waals surface area contributed by atoms with Crippen LogP contribution in [0.15, 0.2) is 23.1 Å². The third-order valence-electron chi connectivity index (χ3n) is 3.84. The molecule has 1 aliphatic rings. The summed E-state index contributed by atoms with van der Waals surface area (Å²) in [5.74, 6) is 0.606. The molecule has 0 spiro atoms. The van der Waals surface area contributed by atoms with Crippen LogP contribution in [-0.2, 0) is 4.79 Å². The molecule has 1 fully saturated rings. The fraction of sp³-hybridized carbons (Fsp3) is 0.533. The number of nitrogens with two attached hydrogens (primary N) is 1. The number of nitrogen functional groups attached to an aromatic ring is 1. The number of rotatable bonds is 4. The number of hydrogen-bond acceptors (Lipinski definition) is 3. The van der Waals surface area contributed by atoms with Gasteiger partial charge in [-0.25, -0.2) is 0 Å². The Morgan fingerprint density at radius 3 is 2.75 bits per heavy atom. The highest BCUT2D eigenvalue weighted by atomic mass is 35.5. The van der Waals surface area contributed by atoms with Gasteiger partial charge in [-0.05, 0) is 31.0 Å². The average molecular weight is 313 g/mol. The standard InChI is InChI=1S/C15H21ClN2OS/c1-18(12-5-3-2-4-6-12)15(19)10-20-14-8-7-11(16)9-13(14)17/h7-9,12H,2-6,10,17H2,1H3. The van der Waals surface area contributed by atoms with E-state index in [1.54, 1.807) is 12.1 Å². The summed E-state index contributed by atoms with van der Waals surface area (Å²) in [6.07, 6.45) is 6.04. The van der Waals surface area contributed by atoms with Crippen LogP contribution in [0.5, 0.6) is 0 Å². The van der Waals surface area contributed by atoms with E-state index in [4.69, 9.17) is 17.3 Å². The fourth-order valence-electron chi connectivity index (χ4n) is 2.56. The van der Waals surface area contributed by atoms with Crippen molar-refractivity contribution in [3.05, 3.63) is 23.2 Å². The Hall–Kier alpha value is -0.870. The van der Waals surface area contributed by atoms with Crippen LogP contribution in [0.4, 0.5) is 5.69 Å². The Bertz CT molecular complexity index is 475. The molecule has 0 bridgehead atoms. The van der Waals surface area contributed by atoms with Crippen LogP contribution in [-0.4, -0.2) is 29.6 Å². The van der Waals surface area contributed by atoms with Crippen molar-refractivity contribution in [2.45, 2.75) is 43.0 Å². The molecule has 2 N–H and O–H groups in total. The zero-order valence-corrected chi connectivity index (χ0v) is 13.3. The maximum Gasteiger partial charge on any atom is 0.232 e. The minimum atomic E-state index is 0.177. The predicted octanol–water partition coefficient (Wildman–Crippen LogP) is 3.81. The van der Waals surface area contributed by atoms with Gasteiger partial charge in [0.05, 0.1) is 5.75 Å². The Kier molecular flexibility index (Phi) is 5.61. The van der Waals surface area contributed by atoms with Crippen molar-refractivity contribution in [2.75, 3.05) is 18.5 Å². The smallest absolute Gasteiger partial charge is 0.232 e. The molecule has 2 rings (SSSR count). The zero-order chi connectivity index (χ0) is 14.5. The van der Waals surface area contributed by atoms with Gasteiger partial charge in [0.25, 0.3) is 0 Å². The molecular weight excluding hydrogens is 292 g/mol. The minimum Gasteiger partial charge on any atom is -0.398 e. The van der Waals surface area contributed by atoms with Crippen LogP contribution in [0.2, 0.25) is 5.02 Å². The maximum absolute atomic E-state index is 12.2. The first-order chi connectivity index (χ1) is 9.58. The molecule has 0 aliphatic heterocycles. The quantitative estimate of drug-likeness (QED) is 0.679. The van der Waals surface area contributed by atoms with E-state index >= 15 is 0 Å². The summed E-state index contributed by atoms with van der Waals surface area (Å²) in [5.41, 5.74) is 6.53. The van der Waals surface area contributed by atoms with E-state index in [1.807, 2.05) is 18.0 Å². The Morgan fingerprint density at radius 1 is 1.40 bits per heavy atom. The molecule has 0 saturated heterocycles. The lowest BCUT2D eigenvalue weighted by atomic mass is 9.94. The van der Waals surface area contributed by atoms with Gasteiger partial charge < -0.3 is 10.6 Å². The van der Waals surface area contributed by atoms with Gasteiger partial charge in [0.15, 0.2) is 0 Å². The highest BCUT2D eigenvalue weighted by Gasteiger charge is 2.22. The van der Waals surface area contributed by atoms with Crippen LogP contribution in [0.25, 0.3) is 0 Å². The van der Waals surface area contributed by atoms with Crippen LogP contribution >= 0.6 is 23.4 Å². The van der Waals surface area contributed by atoms with Crippen molar-refractivity contribution in [3.8, 4) is 0 Å².